The Balaban J connectivity index is 2.35. The van der Waals surface area contributed by atoms with Crippen LogP contribution in [0.2, 0.25) is 0 Å². The highest BCUT2D eigenvalue weighted by molar-refractivity contribution is 7.89. The Kier molecular flexibility index (Phi) is 5.25. The number of hydrogen-bond acceptors (Lipinski definition) is 5. The van der Waals surface area contributed by atoms with E-state index < -0.39 is 10.0 Å². The molecule has 0 amide bonds. The summed E-state index contributed by atoms with van der Waals surface area (Å²) in [6, 6.07) is 11.7. The van der Waals surface area contributed by atoms with Crippen LogP contribution in [-0.2, 0) is 16.6 Å². The Bertz CT molecular complexity index is 771. The summed E-state index contributed by atoms with van der Waals surface area (Å²) in [5.74, 6) is 1.95. The van der Waals surface area contributed by atoms with Crippen molar-refractivity contribution >= 4 is 10.0 Å². The van der Waals surface area contributed by atoms with Crippen LogP contribution in [0.3, 0.4) is 0 Å². The third-order valence-corrected chi connectivity index (χ3v) is 4.05. The summed E-state index contributed by atoms with van der Waals surface area (Å²) in [7, 11) is 1.62. The van der Waals surface area contributed by atoms with Crippen molar-refractivity contribution < 1.29 is 17.9 Å². The maximum absolute atomic E-state index is 11.5. The quantitative estimate of drug-likeness (QED) is 0.874. The summed E-state index contributed by atoms with van der Waals surface area (Å²) in [5.41, 5.74) is 0.734. The molecule has 6 nitrogen and oxygen atoms in total. The molecular weight excluding hydrogens is 316 g/mol. The Labute approximate surface area is 136 Å². The molecule has 0 saturated carbocycles. The van der Waals surface area contributed by atoms with E-state index >= 15 is 0 Å². The summed E-state index contributed by atoms with van der Waals surface area (Å²) in [6.07, 6.45) is 0. The number of nitrogens with zero attached hydrogens (tertiary/aromatic N) is 1. The summed E-state index contributed by atoms with van der Waals surface area (Å²) < 4.78 is 34.0. The van der Waals surface area contributed by atoms with Gasteiger partial charge in [-0.25, -0.2) is 13.6 Å². The van der Waals surface area contributed by atoms with E-state index in [9.17, 15) is 8.42 Å². The van der Waals surface area contributed by atoms with Gasteiger partial charge < -0.3 is 14.4 Å². The second kappa shape index (κ2) is 6.99. The molecule has 0 aliphatic carbocycles. The van der Waals surface area contributed by atoms with Gasteiger partial charge in [0, 0.05) is 12.1 Å². The molecule has 0 saturated heterocycles. The number of ether oxygens (including phenoxy) is 2. The van der Waals surface area contributed by atoms with Gasteiger partial charge in [0.1, 0.15) is 17.2 Å². The first kappa shape index (κ1) is 17.3. The maximum Gasteiger partial charge on any atom is 0.238 e. The zero-order valence-corrected chi connectivity index (χ0v) is 14.1. The van der Waals surface area contributed by atoms with Gasteiger partial charge in [0.15, 0.2) is 0 Å². The molecule has 23 heavy (non-hydrogen) atoms. The van der Waals surface area contributed by atoms with E-state index in [1.54, 1.807) is 37.4 Å². The fourth-order valence-corrected chi connectivity index (χ4v) is 2.63. The van der Waals surface area contributed by atoms with E-state index in [-0.39, 0.29) is 4.90 Å². The van der Waals surface area contributed by atoms with E-state index in [1.165, 1.54) is 12.1 Å². The van der Waals surface area contributed by atoms with E-state index in [2.05, 4.69) is 0 Å². The van der Waals surface area contributed by atoms with Crippen molar-refractivity contribution in [3.63, 3.8) is 0 Å². The predicted molar refractivity (Wildman–Crippen MR) is 88.3 cm³/mol. The van der Waals surface area contributed by atoms with Crippen molar-refractivity contribution in [3.8, 4) is 17.2 Å². The lowest BCUT2D eigenvalue weighted by Crippen LogP contribution is -2.15. The van der Waals surface area contributed by atoms with Crippen LogP contribution in [0.15, 0.2) is 47.4 Å². The second-order valence-electron chi connectivity index (χ2n) is 5.33. The molecule has 0 unspecified atom stereocenters. The van der Waals surface area contributed by atoms with Crippen molar-refractivity contribution in [2.75, 3.05) is 21.2 Å². The Morgan fingerprint density at radius 1 is 1.04 bits per heavy atom. The average Bonchev–Trinajstić information content (AvgIpc) is 2.48. The zero-order valence-electron chi connectivity index (χ0n) is 13.3. The number of benzene rings is 2. The first-order chi connectivity index (χ1) is 10.8. The highest BCUT2D eigenvalue weighted by Gasteiger charge is 2.13. The van der Waals surface area contributed by atoms with E-state index in [1.807, 2.05) is 19.0 Å². The van der Waals surface area contributed by atoms with Crippen molar-refractivity contribution in [1.82, 2.24) is 4.90 Å². The number of rotatable bonds is 6. The number of primary sulfonamides is 1. The summed E-state index contributed by atoms with van der Waals surface area (Å²) in [4.78, 5) is 1.99. The van der Waals surface area contributed by atoms with Crippen LogP contribution in [0.5, 0.6) is 17.2 Å². The SMILES string of the molecule is COc1ccc(Oc2ccc(S(N)(=O)=O)cc2CN(C)C)cc1. The molecule has 0 aromatic heterocycles. The largest absolute Gasteiger partial charge is 0.497 e. The van der Waals surface area contributed by atoms with Crippen LogP contribution in [0, 0.1) is 0 Å². The van der Waals surface area contributed by atoms with E-state index in [0.717, 1.165) is 11.3 Å². The number of nitrogens with two attached hydrogens (primary N) is 1. The van der Waals surface area contributed by atoms with Crippen LogP contribution in [0.25, 0.3) is 0 Å². The minimum Gasteiger partial charge on any atom is -0.497 e. The summed E-state index contributed by atoms with van der Waals surface area (Å²) in [5, 5.41) is 5.19. The Hall–Kier alpha value is -2.09. The molecule has 0 atom stereocenters. The molecule has 0 aliphatic heterocycles. The van der Waals surface area contributed by atoms with Crippen LogP contribution in [0.1, 0.15) is 5.56 Å². The fraction of sp³-hybridized carbons (Fsp3) is 0.250. The lowest BCUT2D eigenvalue weighted by atomic mass is 10.2. The third-order valence-electron chi connectivity index (χ3n) is 3.13. The van der Waals surface area contributed by atoms with Crippen LogP contribution in [-0.4, -0.2) is 34.5 Å². The van der Waals surface area contributed by atoms with Crippen LogP contribution >= 0.6 is 0 Å². The summed E-state index contributed by atoms with van der Waals surface area (Å²) in [6.45, 7) is 0.523. The highest BCUT2D eigenvalue weighted by atomic mass is 32.2. The lowest BCUT2D eigenvalue weighted by Gasteiger charge is -2.16. The van der Waals surface area contributed by atoms with Crippen molar-refractivity contribution in [3.05, 3.63) is 48.0 Å². The van der Waals surface area contributed by atoms with E-state index in [4.69, 9.17) is 14.6 Å². The lowest BCUT2D eigenvalue weighted by molar-refractivity contribution is 0.387. The van der Waals surface area contributed by atoms with Crippen molar-refractivity contribution in [2.45, 2.75) is 11.4 Å². The monoisotopic (exact) mass is 336 g/mol. The predicted octanol–water partition coefficient (Wildman–Crippen LogP) is 2.20. The van der Waals surface area contributed by atoms with Gasteiger partial charge in [0.2, 0.25) is 10.0 Å². The zero-order chi connectivity index (χ0) is 17.0. The molecule has 2 N–H and O–H groups in total. The molecule has 2 aromatic carbocycles. The first-order valence-corrected chi connectivity index (χ1v) is 8.46. The van der Waals surface area contributed by atoms with Gasteiger partial charge in [-0.1, -0.05) is 0 Å². The fourth-order valence-electron chi connectivity index (χ4n) is 2.07. The first-order valence-electron chi connectivity index (χ1n) is 6.92. The summed E-state index contributed by atoms with van der Waals surface area (Å²) >= 11 is 0. The molecule has 2 rings (SSSR count). The minimum absolute atomic E-state index is 0.0661. The topological polar surface area (TPSA) is 81.9 Å². The van der Waals surface area contributed by atoms with Gasteiger partial charge in [-0.15, -0.1) is 0 Å². The molecular formula is C16H20N2O4S. The standard InChI is InChI=1S/C16H20N2O4S/c1-18(2)11-12-10-15(23(17,19)20)8-9-16(12)22-14-6-4-13(21-3)5-7-14/h4-10H,11H2,1-3H3,(H2,17,19,20). The van der Waals surface area contributed by atoms with E-state index in [0.29, 0.717) is 18.0 Å². The van der Waals surface area contributed by atoms with Crippen LogP contribution < -0.4 is 14.6 Å². The minimum atomic E-state index is -3.75. The smallest absolute Gasteiger partial charge is 0.238 e. The van der Waals surface area contributed by atoms with Crippen molar-refractivity contribution in [2.24, 2.45) is 5.14 Å². The number of hydrogen-bond donors (Lipinski definition) is 1. The molecule has 0 spiro atoms. The van der Waals surface area contributed by atoms with Gasteiger partial charge in [-0.2, -0.15) is 0 Å². The second-order valence-corrected chi connectivity index (χ2v) is 6.89. The maximum atomic E-state index is 11.5. The van der Waals surface area contributed by atoms with Gasteiger partial charge in [0.05, 0.1) is 12.0 Å². The molecule has 0 heterocycles. The van der Waals surface area contributed by atoms with Gasteiger partial charge >= 0.3 is 0 Å². The van der Waals surface area contributed by atoms with Gasteiger partial charge in [-0.05, 0) is 56.6 Å². The van der Waals surface area contributed by atoms with Crippen LogP contribution in [0.4, 0.5) is 0 Å². The molecule has 2 aromatic rings. The van der Waals surface area contributed by atoms with Gasteiger partial charge in [-0.3, -0.25) is 0 Å². The Morgan fingerprint density at radius 3 is 2.17 bits per heavy atom. The molecule has 0 aliphatic rings. The number of methoxy groups -OCH3 is 1. The van der Waals surface area contributed by atoms with Crippen molar-refractivity contribution in [1.29, 1.82) is 0 Å². The highest BCUT2D eigenvalue weighted by Crippen LogP contribution is 2.29. The molecule has 0 bridgehead atoms. The molecule has 124 valence electrons. The molecule has 0 fully saturated rings. The van der Waals surface area contributed by atoms with Gasteiger partial charge in [0.25, 0.3) is 0 Å². The number of sulfonamides is 1. The molecule has 7 heteroatoms. The normalized spacial score (nSPS) is 11.5. The average molecular weight is 336 g/mol. The Morgan fingerprint density at radius 2 is 1.65 bits per heavy atom. The molecule has 0 radical (unpaired) electrons. The third kappa shape index (κ3) is 4.69.